The van der Waals surface area contributed by atoms with E-state index in [9.17, 15) is 9.59 Å². The van der Waals surface area contributed by atoms with Gasteiger partial charge in [-0.1, -0.05) is 6.07 Å². The van der Waals surface area contributed by atoms with Crippen molar-refractivity contribution in [3.8, 4) is 0 Å². The predicted octanol–water partition coefficient (Wildman–Crippen LogP) is -1.03. The molecule has 8 nitrogen and oxygen atoms in total. The third-order valence-electron chi connectivity index (χ3n) is 4.58. The second-order valence-corrected chi connectivity index (χ2v) is 6.03. The molecule has 2 amide bonds. The van der Waals surface area contributed by atoms with Crippen LogP contribution in [-0.2, 0) is 26.3 Å². The Balaban J connectivity index is 1.96. The third kappa shape index (κ3) is 3.02. The molecule has 1 fully saturated rings. The number of morpholine rings is 1. The number of aromatic nitrogens is 1. The summed E-state index contributed by atoms with van der Waals surface area (Å²) in [6, 6.07) is 3.55. The molecule has 1 saturated heterocycles. The molecule has 0 bridgehead atoms. The van der Waals surface area contributed by atoms with E-state index in [1.807, 2.05) is 0 Å². The first kappa shape index (κ1) is 16.5. The van der Waals surface area contributed by atoms with Crippen LogP contribution in [0.2, 0.25) is 0 Å². The fraction of sp³-hybridized carbons (Fsp3) is 0.500. The second kappa shape index (κ2) is 6.66. The fourth-order valence-electron chi connectivity index (χ4n) is 3.23. The van der Waals surface area contributed by atoms with Gasteiger partial charge in [-0.25, -0.2) is 0 Å². The maximum absolute atomic E-state index is 12.4. The van der Waals surface area contributed by atoms with Gasteiger partial charge >= 0.3 is 0 Å². The first-order chi connectivity index (χ1) is 11.5. The number of amides is 2. The van der Waals surface area contributed by atoms with Crippen molar-refractivity contribution in [2.24, 2.45) is 16.5 Å². The number of pyridine rings is 1. The Hall–Kier alpha value is -2.32. The van der Waals surface area contributed by atoms with Gasteiger partial charge in [-0.15, -0.1) is 0 Å². The van der Waals surface area contributed by atoms with Crippen molar-refractivity contribution in [2.45, 2.75) is 18.4 Å². The quantitative estimate of drug-likeness (QED) is 0.714. The van der Waals surface area contributed by atoms with Crippen LogP contribution in [0.1, 0.15) is 17.7 Å². The van der Waals surface area contributed by atoms with E-state index in [1.165, 1.54) is 0 Å². The van der Waals surface area contributed by atoms with E-state index < -0.39 is 17.4 Å². The summed E-state index contributed by atoms with van der Waals surface area (Å²) < 4.78 is 5.34. The van der Waals surface area contributed by atoms with Gasteiger partial charge in [-0.05, 0) is 12.5 Å². The molecule has 24 heavy (non-hydrogen) atoms. The van der Waals surface area contributed by atoms with E-state index in [-0.39, 0.29) is 12.1 Å². The fourth-order valence-corrected chi connectivity index (χ4v) is 3.23. The average Bonchev–Trinajstić information content (AvgIpc) is 2.60. The third-order valence-corrected chi connectivity index (χ3v) is 4.58. The molecule has 1 atom stereocenters. The number of rotatable bonds is 5. The van der Waals surface area contributed by atoms with Crippen LogP contribution in [0, 0.1) is 0 Å². The Labute approximate surface area is 139 Å². The van der Waals surface area contributed by atoms with Crippen LogP contribution in [0.4, 0.5) is 0 Å². The van der Waals surface area contributed by atoms with Crippen LogP contribution in [0.5, 0.6) is 0 Å². The van der Waals surface area contributed by atoms with Gasteiger partial charge < -0.3 is 16.2 Å². The first-order valence-corrected chi connectivity index (χ1v) is 7.96. The van der Waals surface area contributed by atoms with E-state index >= 15 is 0 Å². The molecular formula is C16H21N5O3. The Bertz CT molecular complexity index is 684. The highest BCUT2D eigenvalue weighted by atomic mass is 16.5. The molecule has 1 unspecified atom stereocenters. The Morgan fingerprint density at radius 2 is 2.04 bits per heavy atom. The van der Waals surface area contributed by atoms with Gasteiger partial charge in [0.05, 0.1) is 18.9 Å². The average molecular weight is 331 g/mol. The molecule has 0 radical (unpaired) electrons. The normalized spacial score (nSPS) is 24.1. The van der Waals surface area contributed by atoms with Crippen LogP contribution < -0.4 is 11.5 Å². The van der Waals surface area contributed by atoms with Crippen molar-refractivity contribution < 1.29 is 14.3 Å². The first-order valence-electron chi connectivity index (χ1n) is 7.96. The summed E-state index contributed by atoms with van der Waals surface area (Å²) in [6.07, 6.45) is 2.21. The lowest BCUT2D eigenvalue weighted by Crippen LogP contribution is -2.48. The Morgan fingerprint density at radius 1 is 1.29 bits per heavy atom. The lowest BCUT2D eigenvalue weighted by molar-refractivity contribution is -0.123. The number of hydrogen-bond acceptors (Lipinski definition) is 6. The maximum atomic E-state index is 12.4. The highest BCUT2D eigenvalue weighted by molar-refractivity contribution is 6.39. The molecular weight excluding hydrogens is 310 g/mol. The second-order valence-electron chi connectivity index (χ2n) is 6.03. The monoisotopic (exact) mass is 331 g/mol. The van der Waals surface area contributed by atoms with Crippen LogP contribution in [0.25, 0.3) is 0 Å². The molecule has 0 aliphatic carbocycles. The van der Waals surface area contributed by atoms with Crippen LogP contribution in [-0.4, -0.2) is 60.3 Å². The highest BCUT2D eigenvalue weighted by Crippen LogP contribution is 2.35. The van der Waals surface area contributed by atoms with Gasteiger partial charge in [0.1, 0.15) is 5.71 Å². The number of carbonyl (C=O) groups is 2. The van der Waals surface area contributed by atoms with Crippen molar-refractivity contribution in [3.05, 3.63) is 29.6 Å². The maximum Gasteiger partial charge on any atom is 0.263 e. The molecule has 8 heteroatoms. The summed E-state index contributed by atoms with van der Waals surface area (Å²) in [5.74, 6) is -1.24. The van der Waals surface area contributed by atoms with E-state index in [2.05, 4.69) is 14.9 Å². The van der Waals surface area contributed by atoms with Crippen molar-refractivity contribution in [1.29, 1.82) is 0 Å². The lowest BCUT2D eigenvalue weighted by Gasteiger charge is -2.35. The number of carbonyl (C=O) groups excluding carboxylic acids is 2. The molecule has 3 rings (SSSR count). The van der Waals surface area contributed by atoms with Gasteiger partial charge in [-0.3, -0.25) is 24.5 Å². The molecule has 3 heterocycles. The summed E-state index contributed by atoms with van der Waals surface area (Å²) >= 11 is 0. The molecule has 2 aliphatic rings. The molecule has 128 valence electrons. The number of fused-ring (bicyclic) bond motifs is 1. The lowest BCUT2D eigenvalue weighted by atomic mass is 9.81. The van der Waals surface area contributed by atoms with E-state index in [1.54, 1.807) is 18.3 Å². The van der Waals surface area contributed by atoms with Gasteiger partial charge in [0.25, 0.3) is 5.91 Å². The van der Waals surface area contributed by atoms with E-state index in [0.29, 0.717) is 37.4 Å². The van der Waals surface area contributed by atoms with Crippen LogP contribution >= 0.6 is 0 Å². The van der Waals surface area contributed by atoms with Gasteiger partial charge in [0, 0.05) is 37.8 Å². The predicted molar refractivity (Wildman–Crippen MR) is 87.3 cm³/mol. The molecule has 0 saturated carbocycles. The summed E-state index contributed by atoms with van der Waals surface area (Å²) in [6.45, 7) is 3.54. The zero-order valence-electron chi connectivity index (χ0n) is 13.4. The summed E-state index contributed by atoms with van der Waals surface area (Å²) in [5, 5.41) is 0. The molecule has 0 aromatic carbocycles. The van der Waals surface area contributed by atoms with Crippen LogP contribution in [0.3, 0.4) is 0 Å². The zero-order chi connectivity index (χ0) is 17.2. The summed E-state index contributed by atoms with van der Waals surface area (Å²) in [5.41, 5.74) is 11.3. The topological polar surface area (TPSA) is 124 Å². The minimum absolute atomic E-state index is 0.141. The molecule has 1 aromatic rings. The van der Waals surface area contributed by atoms with Crippen LogP contribution in [0.15, 0.2) is 23.3 Å². The Morgan fingerprint density at radius 3 is 2.71 bits per heavy atom. The number of nitrogens with zero attached hydrogens (tertiary/aromatic N) is 3. The molecule has 2 aliphatic heterocycles. The number of aliphatic imine (C=N–C) groups is 1. The van der Waals surface area contributed by atoms with Gasteiger partial charge in [0.2, 0.25) is 5.91 Å². The van der Waals surface area contributed by atoms with Crippen molar-refractivity contribution >= 4 is 17.5 Å². The molecule has 4 N–H and O–H groups in total. The molecule has 0 spiro atoms. The van der Waals surface area contributed by atoms with Crippen molar-refractivity contribution in [1.82, 2.24) is 9.88 Å². The largest absolute Gasteiger partial charge is 0.379 e. The zero-order valence-corrected chi connectivity index (χ0v) is 13.4. The summed E-state index contributed by atoms with van der Waals surface area (Å²) in [4.78, 5) is 34.9. The number of primary amides is 2. The number of ether oxygens (including phenoxy) is 1. The van der Waals surface area contributed by atoms with Crippen molar-refractivity contribution in [3.63, 3.8) is 0 Å². The molecule has 1 aromatic heterocycles. The SMILES string of the molecule is NC(=O)C1=NC(CCN2CCOCC2)(C(N)=O)c2cccnc2C1. The Kier molecular flexibility index (Phi) is 4.59. The number of hydrogen-bond donors (Lipinski definition) is 2. The van der Waals surface area contributed by atoms with Crippen molar-refractivity contribution in [2.75, 3.05) is 32.8 Å². The summed E-state index contributed by atoms with van der Waals surface area (Å²) in [7, 11) is 0. The smallest absolute Gasteiger partial charge is 0.263 e. The van der Waals surface area contributed by atoms with E-state index in [4.69, 9.17) is 16.2 Å². The van der Waals surface area contributed by atoms with Gasteiger partial charge in [-0.2, -0.15) is 0 Å². The van der Waals surface area contributed by atoms with Gasteiger partial charge in [0.15, 0.2) is 5.54 Å². The minimum atomic E-state index is -1.30. The highest BCUT2D eigenvalue weighted by Gasteiger charge is 2.44. The minimum Gasteiger partial charge on any atom is -0.379 e. The number of nitrogens with two attached hydrogens (primary N) is 2. The van der Waals surface area contributed by atoms with E-state index in [0.717, 1.165) is 13.1 Å². The standard InChI is InChI=1S/C16H21N5O3/c17-14(22)13-10-12-11(2-1-4-19-12)16(20-13,15(18)23)3-5-21-6-8-24-9-7-21/h1-2,4H,3,5-10H2,(H2,17,22)(H2,18,23).